The normalized spacial score (nSPS) is 25.4. The number of benzene rings is 2. The van der Waals surface area contributed by atoms with Crippen LogP contribution in [-0.2, 0) is 11.3 Å². The lowest BCUT2D eigenvalue weighted by Gasteiger charge is -2.58. The summed E-state index contributed by atoms with van der Waals surface area (Å²) in [7, 11) is 0. The van der Waals surface area contributed by atoms with Crippen molar-refractivity contribution in [1.29, 1.82) is 0 Å². The van der Waals surface area contributed by atoms with Crippen LogP contribution in [0.5, 0.6) is 0 Å². The Labute approximate surface area is 197 Å². The molecule has 4 aromatic rings. The fraction of sp³-hybridized carbons (Fsp3) is 0.333. The van der Waals surface area contributed by atoms with Gasteiger partial charge in [0.05, 0.1) is 37.2 Å². The molecule has 6 nitrogen and oxygen atoms in total. The number of rotatable bonds is 4. The SMILES string of the molecule is Nc1cc(-c2nn(Cc3ccccc3F)c3ncccc23)ccc1N1C2CCCC23COCC13. The summed E-state index contributed by atoms with van der Waals surface area (Å²) in [5.74, 6) is -0.245. The van der Waals surface area contributed by atoms with Gasteiger partial charge in [-0.3, -0.25) is 0 Å². The lowest BCUT2D eigenvalue weighted by molar-refractivity contribution is 0.110. The van der Waals surface area contributed by atoms with E-state index in [1.54, 1.807) is 23.0 Å². The van der Waals surface area contributed by atoms with Crippen LogP contribution in [0.4, 0.5) is 15.8 Å². The maximum atomic E-state index is 14.3. The van der Waals surface area contributed by atoms with Crippen LogP contribution < -0.4 is 10.6 Å². The summed E-state index contributed by atoms with van der Waals surface area (Å²) >= 11 is 0. The number of anilines is 2. The van der Waals surface area contributed by atoms with Crippen molar-refractivity contribution in [3.63, 3.8) is 0 Å². The molecule has 2 N–H and O–H groups in total. The Morgan fingerprint density at radius 2 is 2.03 bits per heavy atom. The molecule has 3 aliphatic rings. The summed E-state index contributed by atoms with van der Waals surface area (Å²) in [4.78, 5) is 7.04. The van der Waals surface area contributed by atoms with E-state index in [1.165, 1.54) is 25.3 Å². The van der Waals surface area contributed by atoms with E-state index < -0.39 is 0 Å². The first kappa shape index (κ1) is 20.0. The van der Waals surface area contributed by atoms with Crippen LogP contribution in [0, 0.1) is 11.2 Å². The molecule has 3 unspecified atom stereocenters. The van der Waals surface area contributed by atoms with Crippen LogP contribution in [0.2, 0.25) is 0 Å². The van der Waals surface area contributed by atoms with E-state index in [-0.39, 0.29) is 5.82 Å². The number of fused-ring (bicyclic) bond motifs is 1. The highest BCUT2D eigenvalue weighted by molar-refractivity contribution is 5.92. The summed E-state index contributed by atoms with van der Waals surface area (Å²) in [6.45, 7) is 1.98. The Morgan fingerprint density at radius 3 is 2.91 bits per heavy atom. The van der Waals surface area contributed by atoms with Crippen LogP contribution in [0.25, 0.3) is 22.3 Å². The molecule has 0 amide bonds. The lowest BCUT2D eigenvalue weighted by Crippen LogP contribution is -2.69. The van der Waals surface area contributed by atoms with Crippen molar-refractivity contribution < 1.29 is 9.13 Å². The number of nitrogens with two attached hydrogens (primary N) is 1. The number of hydrogen-bond donors (Lipinski definition) is 1. The highest BCUT2D eigenvalue weighted by Gasteiger charge is 2.65. The molecule has 3 atom stereocenters. The minimum atomic E-state index is -0.245. The van der Waals surface area contributed by atoms with Gasteiger partial charge >= 0.3 is 0 Å². The Balaban J connectivity index is 1.26. The smallest absolute Gasteiger partial charge is 0.158 e. The molecule has 1 spiro atoms. The first-order valence-corrected chi connectivity index (χ1v) is 12.0. The van der Waals surface area contributed by atoms with Gasteiger partial charge in [0.15, 0.2) is 5.65 Å². The molecule has 1 aliphatic carbocycles. The number of pyridine rings is 1. The molecule has 172 valence electrons. The van der Waals surface area contributed by atoms with E-state index in [1.807, 2.05) is 24.3 Å². The van der Waals surface area contributed by atoms with E-state index in [0.717, 1.165) is 46.9 Å². The Hall–Kier alpha value is -3.45. The molecule has 0 radical (unpaired) electrons. The fourth-order valence-electron chi connectivity index (χ4n) is 6.56. The Kier molecular flexibility index (Phi) is 4.27. The van der Waals surface area contributed by atoms with E-state index in [2.05, 4.69) is 22.0 Å². The van der Waals surface area contributed by atoms with E-state index in [4.69, 9.17) is 15.6 Å². The molecule has 4 heterocycles. The average Bonchev–Trinajstić information content (AvgIpc) is 3.52. The molecular formula is C27H26FN5O. The minimum absolute atomic E-state index is 0.245. The Morgan fingerprint density at radius 1 is 1.12 bits per heavy atom. The molecule has 2 aromatic heterocycles. The maximum Gasteiger partial charge on any atom is 0.158 e. The highest BCUT2D eigenvalue weighted by atomic mass is 19.1. The van der Waals surface area contributed by atoms with Gasteiger partial charge in [-0.15, -0.1) is 0 Å². The number of nitrogen functional groups attached to an aromatic ring is 1. The number of aromatic nitrogens is 3. The van der Waals surface area contributed by atoms with Crippen LogP contribution in [0.15, 0.2) is 60.8 Å². The quantitative estimate of drug-likeness (QED) is 0.455. The van der Waals surface area contributed by atoms with Crippen molar-refractivity contribution in [3.8, 4) is 11.3 Å². The third-order valence-electron chi connectivity index (χ3n) is 8.13. The molecule has 0 bridgehead atoms. The molecule has 7 rings (SSSR count). The van der Waals surface area contributed by atoms with Crippen LogP contribution in [-0.4, -0.2) is 40.1 Å². The molecule has 2 saturated heterocycles. The van der Waals surface area contributed by atoms with Gasteiger partial charge in [-0.25, -0.2) is 14.1 Å². The molecular weight excluding hydrogens is 429 g/mol. The monoisotopic (exact) mass is 455 g/mol. The lowest BCUT2D eigenvalue weighted by atomic mass is 9.68. The molecule has 7 heteroatoms. The number of halogens is 1. The average molecular weight is 456 g/mol. The maximum absolute atomic E-state index is 14.3. The second-order valence-electron chi connectivity index (χ2n) is 9.83. The van der Waals surface area contributed by atoms with Crippen molar-refractivity contribution in [2.45, 2.75) is 37.9 Å². The van der Waals surface area contributed by atoms with Crippen molar-refractivity contribution in [2.24, 2.45) is 5.41 Å². The predicted octanol–water partition coefficient (Wildman–Crippen LogP) is 4.63. The molecule has 34 heavy (non-hydrogen) atoms. The standard InChI is InChI=1S/C27H26FN5O/c28-20-7-2-1-5-18(20)14-32-26-19(6-4-12-30-26)25(31-32)17-9-10-22(21(29)13-17)33-23-8-3-11-27(23)16-34-15-24(27)33/h1-2,4-7,9-10,12-13,23-24H,3,8,11,14-16,29H2. The van der Waals surface area contributed by atoms with Gasteiger partial charge in [-0.1, -0.05) is 30.7 Å². The second-order valence-corrected chi connectivity index (χ2v) is 9.83. The number of ether oxygens (including phenoxy) is 1. The third-order valence-corrected chi connectivity index (χ3v) is 8.13. The molecule has 1 saturated carbocycles. The summed E-state index contributed by atoms with van der Waals surface area (Å²) in [5, 5.41) is 5.77. The predicted molar refractivity (Wildman–Crippen MR) is 130 cm³/mol. The minimum Gasteiger partial charge on any atom is -0.397 e. The van der Waals surface area contributed by atoms with Gasteiger partial charge in [0.1, 0.15) is 11.5 Å². The second kappa shape index (κ2) is 7.27. The number of nitrogens with zero attached hydrogens (tertiary/aromatic N) is 4. The zero-order chi connectivity index (χ0) is 22.9. The van der Waals surface area contributed by atoms with E-state index in [9.17, 15) is 4.39 Å². The third kappa shape index (κ3) is 2.70. The van der Waals surface area contributed by atoms with E-state index in [0.29, 0.717) is 29.6 Å². The van der Waals surface area contributed by atoms with E-state index >= 15 is 0 Å². The summed E-state index contributed by atoms with van der Waals surface area (Å²) in [6, 6.07) is 17.9. The Bertz CT molecular complexity index is 1400. The van der Waals surface area contributed by atoms with Gasteiger partial charge in [0, 0.05) is 34.2 Å². The summed E-state index contributed by atoms with van der Waals surface area (Å²) < 4.78 is 22.0. The number of hydrogen-bond acceptors (Lipinski definition) is 5. The topological polar surface area (TPSA) is 69.2 Å². The van der Waals surface area contributed by atoms with Crippen molar-refractivity contribution >= 4 is 22.4 Å². The zero-order valence-electron chi connectivity index (χ0n) is 18.8. The first-order valence-electron chi connectivity index (χ1n) is 12.0. The highest BCUT2D eigenvalue weighted by Crippen LogP contribution is 2.59. The first-order chi connectivity index (χ1) is 16.7. The van der Waals surface area contributed by atoms with Gasteiger partial charge in [0.2, 0.25) is 0 Å². The van der Waals surface area contributed by atoms with Crippen molar-refractivity contribution in [3.05, 3.63) is 72.2 Å². The van der Waals surface area contributed by atoms with Crippen LogP contribution in [0.1, 0.15) is 24.8 Å². The van der Waals surface area contributed by atoms with Gasteiger partial charge in [0.25, 0.3) is 0 Å². The molecule has 2 aliphatic heterocycles. The largest absolute Gasteiger partial charge is 0.397 e. The zero-order valence-corrected chi connectivity index (χ0v) is 18.8. The van der Waals surface area contributed by atoms with Gasteiger partial charge in [-0.05, 0) is 43.2 Å². The molecule has 2 aromatic carbocycles. The summed E-state index contributed by atoms with van der Waals surface area (Å²) in [5.41, 5.74) is 11.9. The summed E-state index contributed by atoms with van der Waals surface area (Å²) in [6.07, 6.45) is 5.47. The van der Waals surface area contributed by atoms with Gasteiger partial charge < -0.3 is 15.4 Å². The van der Waals surface area contributed by atoms with Crippen molar-refractivity contribution in [2.75, 3.05) is 23.8 Å². The molecule has 3 fully saturated rings. The van der Waals surface area contributed by atoms with Gasteiger partial charge in [-0.2, -0.15) is 5.10 Å². The van der Waals surface area contributed by atoms with Crippen molar-refractivity contribution in [1.82, 2.24) is 14.8 Å². The van der Waals surface area contributed by atoms with Crippen LogP contribution >= 0.6 is 0 Å². The fourth-order valence-corrected chi connectivity index (χ4v) is 6.56. The van der Waals surface area contributed by atoms with Crippen LogP contribution in [0.3, 0.4) is 0 Å².